The van der Waals surface area contributed by atoms with E-state index in [4.69, 9.17) is 15.3 Å². The van der Waals surface area contributed by atoms with Gasteiger partial charge >= 0.3 is 0 Å². The number of hydrogen-bond donors (Lipinski definition) is 2. The van der Waals surface area contributed by atoms with Gasteiger partial charge in [0.1, 0.15) is 23.0 Å². The van der Waals surface area contributed by atoms with Crippen LogP contribution >= 0.6 is 0 Å². The Bertz CT molecular complexity index is 1040. The van der Waals surface area contributed by atoms with Gasteiger partial charge in [0, 0.05) is 19.4 Å². The van der Waals surface area contributed by atoms with Crippen LogP contribution in [-0.4, -0.2) is 53.8 Å². The summed E-state index contributed by atoms with van der Waals surface area (Å²) in [6, 6.07) is 7.52. The Morgan fingerprint density at radius 3 is 2.94 bits per heavy atom. The third-order valence-corrected chi connectivity index (χ3v) is 4.87. The van der Waals surface area contributed by atoms with Gasteiger partial charge < -0.3 is 20.6 Å². The van der Waals surface area contributed by atoms with Gasteiger partial charge in [0.15, 0.2) is 0 Å². The molecule has 1 unspecified atom stereocenters. The van der Waals surface area contributed by atoms with Crippen LogP contribution in [-0.2, 0) is 4.74 Å². The van der Waals surface area contributed by atoms with Gasteiger partial charge in [0.25, 0.3) is 0 Å². The Labute approximate surface area is 197 Å². The molecule has 0 saturated carbocycles. The SMILES string of the molecule is CC(C)Oc1cc(C#CCNc2ccccn2)cnc1/C(C=NCC1CC(C)(C)CO1)=N/N.[HH]. The van der Waals surface area contributed by atoms with E-state index in [-0.39, 0.29) is 19.0 Å². The van der Waals surface area contributed by atoms with E-state index in [0.29, 0.717) is 30.2 Å². The van der Waals surface area contributed by atoms with Crippen molar-refractivity contribution < 1.29 is 10.9 Å². The second kappa shape index (κ2) is 11.4. The van der Waals surface area contributed by atoms with Gasteiger partial charge in [-0.3, -0.25) is 4.99 Å². The Hall–Kier alpha value is -3.44. The number of pyridine rings is 2. The fourth-order valence-electron chi connectivity index (χ4n) is 3.40. The Morgan fingerprint density at radius 1 is 1.42 bits per heavy atom. The van der Waals surface area contributed by atoms with Gasteiger partial charge in [-0.05, 0) is 43.9 Å². The number of hydrogen-bond acceptors (Lipinski definition) is 8. The second-order valence-electron chi connectivity index (χ2n) is 8.92. The minimum Gasteiger partial charge on any atom is -0.489 e. The molecule has 0 aromatic carbocycles. The smallest absolute Gasteiger partial charge is 0.148 e. The van der Waals surface area contributed by atoms with E-state index >= 15 is 0 Å². The van der Waals surface area contributed by atoms with Gasteiger partial charge in [0.05, 0.1) is 38.1 Å². The van der Waals surface area contributed by atoms with Crippen LogP contribution < -0.4 is 15.9 Å². The van der Waals surface area contributed by atoms with Crippen molar-refractivity contribution in [2.75, 3.05) is 25.0 Å². The van der Waals surface area contributed by atoms with Crippen LogP contribution in [0.5, 0.6) is 5.75 Å². The molecule has 0 radical (unpaired) electrons. The van der Waals surface area contributed by atoms with Crippen LogP contribution in [0.15, 0.2) is 46.8 Å². The molecule has 1 aliphatic heterocycles. The van der Waals surface area contributed by atoms with Crippen LogP contribution in [0.2, 0.25) is 0 Å². The van der Waals surface area contributed by atoms with Crippen molar-refractivity contribution in [2.45, 2.75) is 46.3 Å². The summed E-state index contributed by atoms with van der Waals surface area (Å²) in [6.45, 7) is 10.1. The molecule has 8 heteroatoms. The minimum atomic E-state index is -0.0512. The predicted octanol–water partition coefficient (Wildman–Crippen LogP) is 3.52. The number of aromatic nitrogens is 2. The molecule has 3 N–H and O–H groups in total. The summed E-state index contributed by atoms with van der Waals surface area (Å²) < 4.78 is 11.8. The zero-order valence-corrected chi connectivity index (χ0v) is 19.7. The highest BCUT2D eigenvalue weighted by molar-refractivity contribution is 6.38. The lowest BCUT2D eigenvalue weighted by Gasteiger charge is -2.14. The van der Waals surface area contributed by atoms with Gasteiger partial charge in [-0.25, -0.2) is 9.97 Å². The summed E-state index contributed by atoms with van der Waals surface area (Å²) >= 11 is 0. The molecule has 0 bridgehead atoms. The molecule has 0 amide bonds. The van der Waals surface area contributed by atoms with E-state index in [9.17, 15) is 0 Å². The monoisotopic (exact) mass is 450 g/mol. The highest BCUT2D eigenvalue weighted by atomic mass is 16.5. The van der Waals surface area contributed by atoms with Gasteiger partial charge in [-0.2, -0.15) is 5.10 Å². The molecule has 2 aromatic heterocycles. The van der Waals surface area contributed by atoms with E-state index in [0.717, 1.165) is 24.4 Å². The molecule has 0 aliphatic carbocycles. The van der Waals surface area contributed by atoms with Crippen molar-refractivity contribution in [1.29, 1.82) is 0 Å². The maximum absolute atomic E-state index is 5.97. The molecule has 33 heavy (non-hydrogen) atoms. The quantitative estimate of drug-likeness (QED) is 0.276. The summed E-state index contributed by atoms with van der Waals surface area (Å²) in [7, 11) is 0. The van der Waals surface area contributed by atoms with Crippen molar-refractivity contribution in [3.05, 3.63) is 47.9 Å². The summed E-state index contributed by atoms with van der Waals surface area (Å²) in [6.07, 6.45) is 6.07. The number of nitrogens with one attached hydrogen (secondary N) is 1. The summed E-state index contributed by atoms with van der Waals surface area (Å²) in [5.74, 6) is 13.2. The molecular formula is C25H34N6O2. The second-order valence-corrected chi connectivity index (χ2v) is 8.92. The first-order valence-electron chi connectivity index (χ1n) is 11.1. The maximum Gasteiger partial charge on any atom is 0.148 e. The Balaban J connectivity index is 0.00000408. The lowest BCUT2D eigenvalue weighted by atomic mass is 9.91. The van der Waals surface area contributed by atoms with Crippen LogP contribution in [0.1, 0.15) is 46.8 Å². The Kier molecular flexibility index (Phi) is 8.39. The lowest BCUT2D eigenvalue weighted by molar-refractivity contribution is 0.105. The average molecular weight is 451 g/mol. The van der Waals surface area contributed by atoms with Crippen molar-refractivity contribution >= 4 is 17.7 Å². The molecule has 176 valence electrons. The largest absolute Gasteiger partial charge is 0.489 e. The van der Waals surface area contributed by atoms with Gasteiger partial charge in [-0.1, -0.05) is 31.8 Å². The van der Waals surface area contributed by atoms with Crippen LogP contribution in [0, 0.1) is 17.3 Å². The molecule has 2 aromatic rings. The highest BCUT2D eigenvalue weighted by Gasteiger charge is 2.31. The zero-order chi connectivity index (χ0) is 23.7. The van der Waals surface area contributed by atoms with Crippen LogP contribution in [0.25, 0.3) is 0 Å². The average Bonchev–Trinajstić information content (AvgIpc) is 3.14. The van der Waals surface area contributed by atoms with Crippen molar-refractivity contribution in [2.24, 2.45) is 21.4 Å². The number of hydrazone groups is 1. The van der Waals surface area contributed by atoms with Crippen LogP contribution in [0.4, 0.5) is 5.82 Å². The summed E-state index contributed by atoms with van der Waals surface area (Å²) in [5.41, 5.74) is 1.89. The van der Waals surface area contributed by atoms with Crippen molar-refractivity contribution in [3.63, 3.8) is 0 Å². The first kappa shape index (κ1) is 24.2. The topological polar surface area (TPSA) is 107 Å². The summed E-state index contributed by atoms with van der Waals surface area (Å²) in [4.78, 5) is 13.2. The van der Waals surface area contributed by atoms with E-state index in [1.54, 1.807) is 18.6 Å². The predicted molar refractivity (Wildman–Crippen MR) is 134 cm³/mol. The molecule has 1 saturated heterocycles. The highest BCUT2D eigenvalue weighted by Crippen LogP contribution is 2.31. The van der Waals surface area contributed by atoms with Gasteiger partial charge in [-0.15, -0.1) is 0 Å². The number of nitrogens with two attached hydrogens (primary N) is 1. The Morgan fingerprint density at radius 2 is 2.27 bits per heavy atom. The van der Waals surface area contributed by atoms with Gasteiger partial charge in [0.2, 0.25) is 0 Å². The first-order valence-corrected chi connectivity index (χ1v) is 11.1. The molecule has 0 spiro atoms. The minimum absolute atomic E-state index is 0. The van der Waals surface area contributed by atoms with Crippen LogP contribution in [0.3, 0.4) is 0 Å². The number of anilines is 1. The number of rotatable bonds is 8. The number of ether oxygens (including phenoxy) is 2. The van der Waals surface area contributed by atoms with E-state index in [1.165, 1.54) is 0 Å². The zero-order valence-electron chi connectivity index (χ0n) is 19.7. The fourth-order valence-corrected chi connectivity index (χ4v) is 3.40. The number of nitrogens with zero attached hydrogens (tertiary/aromatic N) is 4. The normalized spacial score (nSPS) is 17.7. The van der Waals surface area contributed by atoms with E-state index in [2.05, 4.69) is 51.1 Å². The fraction of sp³-hybridized carbons (Fsp3) is 0.440. The third-order valence-electron chi connectivity index (χ3n) is 4.87. The lowest BCUT2D eigenvalue weighted by Crippen LogP contribution is -2.16. The number of aliphatic imine (C=N–C) groups is 1. The molecular weight excluding hydrogens is 416 g/mol. The molecule has 8 nitrogen and oxygen atoms in total. The molecule has 3 rings (SSSR count). The first-order chi connectivity index (χ1) is 15.9. The standard InChI is InChI=1S/C25H32N6O2.H2/c1-18(2)33-22-12-19(8-7-11-29-23-9-5-6-10-28-23)14-30-24(22)21(31-26)16-27-15-20-13-25(3,4)17-32-20;/h5-6,9-10,12,14,16,18,20H,11,13,15,17,26H2,1-4H3,(H,28,29);1H/b27-16?,31-21+;. The molecule has 1 aliphatic rings. The molecule has 1 fully saturated rings. The van der Waals surface area contributed by atoms with Crippen molar-refractivity contribution in [1.82, 2.24) is 9.97 Å². The third kappa shape index (κ3) is 7.58. The molecule has 1 atom stereocenters. The van der Waals surface area contributed by atoms with Crippen molar-refractivity contribution in [3.8, 4) is 17.6 Å². The van der Waals surface area contributed by atoms with E-state index in [1.807, 2.05) is 38.1 Å². The maximum atomic E-state index is 5.97. The summed E-state index contributed by atoms with van der Waals surface area (Å²) in [5, 5.41) is 7.04. The molecule has 3 heterocycles. The van der Waals surface area contributed by atoms with E-state index < -0.39 is 0 Å².